The van der Waals surface area contributed by atoms with E-state index in [-0.39, 0.29) is 5.91 Å². The van der Waals surface area contributed by atoms with E-state index in [1.807, 2.05) is 30.1 Å². The molecule has 1 heterocycles. The van der Waals surface area contributed by atoms with Crippen molar-refractivity contribution in [3.8, 4) is 0 Å². The number of ether oxygens (including phenoxy) is 1. The smallest absolute Gasteiger partial charge is 0.229 e. The third kappa shape index (κ3) is 3.38. The van der Waals surface area contributed by atoms with Crippen LogP contribution >= 0.6 is 0 Å². The molecule has 0 radical (unpaired) electrons. The summed E-state index contributed by atoms with van der Waals surface area (Å²) in [5.74, 6) is 0.166. The van der Waals surface area contributed by atoms with Crippen molar-refractivity contribution in [1.29, 1.82) is 0 Å². The average Bonchev–Trinajstić information content (AvgIpc) is 2.53. The number of amides is 1. The van der Waals surface area contributed by atoms with Crippen LogP contribution in [0, 0.1) is 5.41 Å². The Bertz CT molecular complexity index is 427. The largest absolute Gasteiger partial charge is 0.381 e. The Hall–Kier alpha value is -1.39. The summed E-state index contributed by atoms with van der Waals surface area (Å²) in [6, 6.07) is 10.2. The summed E-state index contributed by atoms with van der Waals surface area (Å²) in [5.41, 5.74) is 6.72. The number of carbonyl (C=O) groups is 1. The molecule has 4 heteroatoms. The Morgan fingerprint density at radius 1 is 1.30 bits per heavy atom. The van der Waals surface area contributed by atoms with Gasteiger partial charge in [-0.25, -0.2) is 0 Å². The summed E-state index contributed by atoms with van der Waals surface area (Å²) < 4.78 is 5.36. The van der Waals surface area contributed by atoms with Crippen molar-refractivity contribution in [2.45, 2.75) is 19.3 Å². The summed E-state index contributed by atoms with van der Waals surface area (Å²) in [6.07, 6.45) is 2.34. The fourth-order valence-corrected chi connectivity index (χ4v) is 2.72. The molecule has 1 amide bonds. The van der Waals surface area contributed by atoms with Crippen LogP contribution in [0.5, 0.6) is 0 Å². The Morgan fingerprint density at radius 3 is 2.55 bits per heavy atom. The first-order valence-corrected chi connectivity index (χ1v) is 7.25. The zero-order valence-corrected chi connectivity index (χ0v) is 12.2. The van der Waals surface area contributed by atoms with E-state index in [0.29, 0.717) is 19.8 Å². The molecule has 1 aliphatic rings. The van der Waals surface area contributed by atoms with Crippen molar-refractivity contribution in [3.05, 3.63) is 35.9 Å². The SMILES string of the molecule is CN(CCc1ccccc1)C(=O)C1(CN)CCOCC1. The van der Waals surface area contributed by atoms with Crippen LogP contribution in [0.25, 0.3) is 0 Å². The third-order valence-electron chi connectivity index (χ3n) is 4.22. The van der Waals surface area contributed by atoms with Gasteiger partial charge in [-0.1, -0.05) is 30.3 Å². The summed E-state index contributed by atoms with van der Waals surface area (Å²) >= 11 is 0. The second-order valence-corrected chi connectivity index (χ2v) is 5.56. The van der Waals surface area contributed by atoms with Crippen LogP contribution in [-0.2, 0) is 16.0 Å². The number of carbonyl (C=O) groups excluding carboxylic acids is 1. The number of rotatable bonds is 5. The molecule has 1 saturated heterocycles. The highest BCUT2D eigenvalue weighted by molar-refractivity contribution is 5.83. The zero-order chi connectivity index (χ0) is 14.4. The molecule has 1 aromatic rings. The first-order valence-electron chi connectivity index (χ1n) is 7.25. The minimum atomic E-state index is -0.413. The summed E-state index contributed by atoms with van der Waals surface area (Å²) in [6.45, 7) is 2.40. The van der Waals surface area contributed by atoms with Crippen LogP contribution in [-0.4, -0.2) is 44.2 Å². The lowest BCUT2D eigenvalue weighted by Crippen LogP contribution is -2.50. The molecule has 1 fully saturated rings. The van der Waals surface area contributed by atoms with Gasteiger partial charge in [-0.15, -0.1) is 0 Å². The van der Waals surface area contributed by atoms with Crippen LogP contribution in [0.2, 0.25) is 0 Å². The topological polar surface area (TPSA) is 55.6 Å². The molecular formula is C16H24N2O2. The van der Waals surface area contributed by atoms with Crippen molar-refractivity contribution < 1.29 is 9.53 Å². The molecule has 1 aliphatic heterocycles. The molecule has 0 aliphatic carbocycles. The van der Waals surface area contributed by atoms with E-state index < -0.39 is 5.41 Å². The highest BCUT2D eigenvalue weighted by atomic mass is 16.5. The lowest BCUT2D eigenvalue weighted by molar-refractivity contribution is -0.145. The number of nitrogens with two attached hydrogens (primary N) is 1. The van der Waals surface area contributed by atoms with Crippen LogP contribution in [0.4, 0.5) is 0 Å². The van der Waals surface area contributed by atoms with Crippen LogP contribution in [0.1, 0.15) is 18.4 Å². The lowest BCUT2D eigenvalue weighted by atomic mass is 9.79. The van der Waals surface area contributed by atoms with Gasteiger partial charge in [0.05, 0.1) is 5.41 Å². The molecule has 1 aromatic carbocycles. The normalized spacial score (nSPS) is 17.7. The van der Waals surface area contributed by atoms with E-state index >= 15 is 0 Å². The Labute approximate surface area is 120 Å². The van der Waals surface area contributed by atoms with E-state index in [0.717, 1.165) is 25.8 Å². The van der Waals surface area contributed by atoms with Gasteiger partial charge in [0.25, 0.3) is 0 Å². The molecule has 0 aromatic heterocycles. The maximum atomic E-state index is 12.7. The van der Waals surface area contributed by atoms with Crippen molar-refractivity contribution in [1.82, 2.24) is 4.90 Å². The third-order valence-corrected chi connectivity index (χ3v) is 4.22. The van der Waals surface area contributed by atoms with E-state index in [1.165, 1.54) is 5.56 Å². The minimum absolute atomic E-state index is 0.166. The van der Waals surface area contributed by atoms with E-state index in [2.05, 4.69) is 12.1 Å². The first kappa shape index (κ1) is 15.0. The fourth-order valence-electron chi connectivity index (χ4n) is 2.72. The average molecular weight is 276 g/mol. The zero-order valence-electron chi connectivity index (χ0n) is 12.2. The molecule has 0 bridgehead atoms. The second kappa shape index (κ2) is 6.86. The van der Waals surface area contributed by atoms with Gasteiger partial charge in [-0.2, -0.15) is 0 Å². The monoisotopic (exact) mass is 276 g/mol. The van der Waals surface area contributed by atoms with Gasteiger partial charge in [-0.3, -0.25) is 4.79 Å². The van der Waals surface area contributed by atoms with Crippen molar-refractivity contribution in [3.63, 3.8) is 0 Å². The van der Waals surface area contributed by atoms with E-state index in [4.69, 9.17) is 10.5 Å². The molecule has 0 unspecified atom stereocenters. The molecule has 4 nitrogen and oxygen atoms in total. The summed E-state index contributed by atoms with van der Waals surface area (Å²) in [5, 5.41) is 0. The molecule has 0 spiro atoms. The Balaban J connectivity index is 1.93. The predicted octanol–water partition coefficient (Wildman–Crippen LogP) is 1.44. The highest BCUT2D eigenvalue weighted by Crippen LogP contribution is 2.31. The van der Waals surface area contributed by atoms with Crippen molar-refractivity contribution in [2.75, 3.05) is 33.4 Å². The molecule has 0 atom stereocenters. The number of hydrogen-bond donors (Lipinski definition) is 1. The fraction of sp³-hybridized carbons (Fsp3) is 0.562. The van der Waals surface area contributed by atoms with Crippen LogP contribution < -0.4 is 5.73 Å². The van der Waals surface area contributed by atoms with Gasteiger partial charge in [0.2, 0.25) is 5.91 Å². The van der Waals surface area contributed by atoms with Gasteiger partial charge in [-0.05, 0) is 24.8 Å². The van der Waals surface area contributed by atoms with Crippen molar-refractivity contribution in [2.24, 2.45) is 11.1 Å². The molecule has 2 N–H and O–H groups in total. The Morgan fingerprint density at radius 2 is 1.95 bits per heavy atom. The molecule has 110 valence electrons. The van der Waals surface area contributed by atoms with Gasteiger partial charge in [0, 0.05) is 33.4 Å². The highest BCUT2D eigenvalue weighted by Gasteiger charge is 2.40. The Kier molecular flexibility index (Phi) is 5.15. The standard InChI is InChI=1S/C16H24N2O2/c1-18(10-7-14-5-3-2-4-6-14)15(19)16(13-17)8-11-20-12-9-16/h2-6H,7-13,17H2,1H3. The molecule has 0 saturated carbocycles. The second-order valence-electron chi connectivity index (χ2n) is 5.56. The number of benzene rings is 1. The summed E-state index contributed by atoms with van der Waals surface area (Å²) in [4.78, 5) is 14.5. The minimum Gasteiger partial charge on any atom is -0.381 e. The van der Waals surface area contributed by atoms with Crippen LogP contribution in [0.15, 0.2) is 30.3 Å². The van der Waals surface area contributed by atoms with E-state index in [9.17, 15) is 4.79 Å². The van der Waals surface area contributed by atoms with E-state index in [1.54, 1.807) is 0 Å². The maximum absolute atomic E-state index is 12.7. The molecule has 20 heavy (non-hydrogen) atoms. The molecule has 2 rings (SSSR count). The van der Waals surface area contributed by atoms with Gasteiger partial charge in [0.15, 0.2) is 0 Å². The van der Waals surface area contributed by atoms with Gasteiger partial charge >= 0.3 is 0 Å². The maximum Gasteiger partial charge on any atom is 0.229 e. The molecular weight excluding hydrogens is 252 g/mol. The van der Waals surface area contributed by atoms with Crippen LogP contribution in [0.3, 0.4) is 0 Å². The number of likely N-dealkylation sites (N-methyl/N-ethyl adjacent to an activating group) is 1. The number of hydrogen-bond acceptors (Lipinski definition) is 3. The van der Waals surface area contributed by atoms with Gasteiger partial charge < -0.3 is 15.4 Å². The van der Waals surface area contributed by atoms with Crippen molar-refractivity contribution >= 4 is 5.91 Å². The number of nitrogens with zero attached hydrogens (tertiary/aromatic N) is 1. The quantitative estimate of drug-likeness (QED) is 0.885. The predicted molar refractivity (Wildman–Crippen MR) is 79.3 cm³/mol. The van der Waals surface area contributed by atoms with Gasteiger partial charge in [0.1, 0.15) is 0 Å². The summed E-state index contributed by atoms with van der Waals surface area (Å²) in [7, 11) is 1.87. The lowest BCUT2D eigenvalue weighted by Gasteiger charge is -2.37. The first-order chi connectivity index (χ1) is 9.68.